The van der Waals surface area contributed by atoms with Gasteiger partial charge in [-0.3, -0.25) is 0 Å². The van der Waals surface area contributed by atoms with Crippen molar-refractivity contribution in [3.05, 3.63) is 41.7 Å². The summed E-state index contributed by atoms with van der Waals surface area (Å²) in [7, 11) is 0. The highest BCUT2D eigenvalue weighted by Crippen LogP contribution is 2.28. The number of esters is 1. The fraction of sp³-hybridized carbons (Fsp3) is 0.294. The van der Waals surface area contributed by atoms with E-state index in [1.807, 2.05) is 24.3 Å². The number of aromatic nitrogens is 2. The van der Waals surface area contributed by atoms with Crippen molar-refractivity contribution in [2.24, 2.45) is 0 Å². The number of rotatable bonds is 4. The molecule has 0 aliphatic carbocycles. The topological polar surface area (TPSA) is 55.0 Å². The van der Waals surface area contributed by atoms with Crippen molar-refractivity contribution in [1.29, 1.82) is 0 Å². The average molecular weight is 282 g/mol. The highest BCUT2D eigenvalue weighted by molar-refractivity contribution is 6.09. The molecule has 3 aromatic rings. The number of H-pyrrole nitrogens is 1. The van der Waals surface area contributed by atoms with E-state index in [-0.39, 0.29) is 5.97 Å². The minimum absolute atomic E-state index is 0.357. The number of pyridine rings is 1. The summed E-state index contributed by atoms with van der Waals surface area (Å²) in [4.78, 5) is 19.9. The average Bonchev–Trinajstić information content (AvgIpc) is 2.87. The number of fused-ring (bicyclic) bond motifs is 3. The molecule has 0 saturated carbocycles. The first-order valence-corrected chi connectivity index (χ1v) is 7.32. The number of nitrogens with one attached hydrogen (secondary N) is 1. The van der Waals surface area contributed by atoms with Crippen LogP contribution in [0.5, 0.6) is 0 Å². The molecule has 21 heavy (non-hydrogen) atoms. The maximum atomic E-state index is 12.0. The summed E-state index contributed by atoms with van der Waals surface area (Å²) in [5.41, 5.74) is 3.39. The molecule has 0 radical (unpaired) electrons. The summed E-state index contributed by atoms with van der Waals surface area (Å²) < 4.78 is 5.09. The maximum Gasteiger partial charge on any atom is 0.356 e. The summed E-state index contributed by atoms with van der Waals surface area (Å²) in [6.07, 6.45) is 1.81. The Morgan fingerprint density at radius 3 is 2.81 bits per heavy atom. The summed E-state index contributed by atoms with van der Waals surface area (Å²) >= 11 is 0. The highest BCUT2D eigenvalue weighted by Gasteiger charge is 2.15. The molecule has 0 bridgehead atoms. The van der Waals surface area contributed by atoms with Gasteiger partial charge in [-0.1, -0.05) is 31.5 Å². The first kappa shape index (κ1) is 13.6. The first-order chi connectivity index (χ1) is 10.2. The summed E-state index contributed by atoms with van der Waals surface area (Å²) in [6.45, 7) is 4.26. The van der Waals surface area contributed by atoms with Gasteiger partial charge in [0.05, 0.1) is 17.8 Å². The third kappa shape index (κ3) is 2.37. The van der Waals surface area contributed by atoms with Crippen LogP contribution in [0.2, 0.25) is 0 Å². The summed E-state index contributed by atoms with van der Waals surface area (Å²) in [5, 5.41) is 2.14. The van der Waals surface area contributed by atoms with E-state index in [1.165, 1.54) is 0 Å². The second-order valence-corrected chi connectivity index (χ2v) is 5.02. The van der Waals surface area contributed by atoms with Crippen LogP contribution in [-0.4, -0.2) is 22.5 Å². The number of para-hydroxylation sites is 1. The van der Waals surface area contributed by atoms with E-state index < -0.39 is 0 Å². The zero-order valence-electron chi connectivity index (χ0n) is 12.3. The van der Waals surface area contributed by atoms with Crippen LogP contribution in [0.3, 0.4) is 0 Å². The van der Waals surface area contributed by atoms with E-state index >= 15 is 0 Å². The summed E-state index contributed by atoms with van der Waals surface area (Å²) in [5.74, 6) is -0.359. The lowest BCUT2D eigenvalue weighted by atomic mass is 10.1. The van der Waals surface area contributed by atoms with Gasteiger partial charge in [-0.2, -0.15) is 0 Å². The smallest absolute Gasteiger partial charge is 0.356 e. The molecular weight excluding hydrogens is 264 g/mol. The maximum absolute atomic E-state index is 12.0. The van der Waals surface area contributed by atoms with Gasteiger partial charge in [0, 0.05) is 16.3 Å². The number of aromatic amines is 1. The Morgan fingerprint density at radius 1 is 1.24 bits per heavy atom. The van der Waals surface area contributed by atoms with E-state index in [4.69, 9.17) is 4.74 Å². The molecule has 0 fully saturated rings. The Hall–Kier alpha value is -2.36. The van der Waals surface area contributed by atoms with Crippen molar-refractivity contribution in [1.82, 2.24) is 9.97 Å². The SMILES string of the molecule is CCCc1nc(C(=O)OCC)cc2c1[nH]c1ccccc12. The zero-order chi connectivity index (χ0) is 14.8. The van der Waals surface area contributed by atoms with Crippen LogP contribution in [0.25, 0.3) is 21.8 Å². The van der Waals surface area contributed by atoms with Crippen molar-refractivity contribution in [2.45, 2.75) is 26.7 Å². The van der Waals surface area contributed by atoms with Crippen molar-refractivity contribution < 1.29 is 9.53 Å². The van der Waals surface area contributed by atoms with Crippen molar-refractivity contribution in [3.63, 3.8) is 0 Å². The van der Waals surface area contributed by atoms with Gasteiger partial charge in [0.2, 0.25) is 0 Å². The standard InChI is InChI=1S/C17H18N2O2/c1-3-7-14-16-12(10-15(18-14)17(20)21-4-2)11-8-5-6-9-13(11)19-16/h5-6,8-10,19H,3-4,7H2,1-2H3. The third-order valence-corrected chi connectivity index (χ3v) is 3.54. The first-order valence-electron chi connectivity index (χ1n) is 7.32. The van der Waals surface area contributed by atoms with Crippen LogP contribution in [0.4, 0.5) is 0 Å². The predicted molar refractivity (Wildman–Crippen MR) is 83.6 cm³/mol. The molecule has 2 aromatic heterocycles. The Bertz CT molecular complexity index is 805. The number of benzene rings is 1. The fourth-order valence-corrected chi connectivity index (χ4v) is 2.64. The van der Waals surface area contributed by atoms with Crippen LogP contribution in [0.15, 0.2) is 30.3 Å². The third-order valence-electron chi connectivity index (χ3n) is 3.54. The normalized spacial score (nSPS) is 11.1. The molecule has 108 valence electrons. The Balaban J connectivity index is 2.27. The molecule has 0 spiro atoms. The number of aryl methyl sites for hydroxylation is 1. The second kappa shape index (κ2) is 5.56. The Labute approximate surface area is 123 Å². The van der Waals surface area contributed by atoms with E-state index in [0.29, 0.717) is 12.3 Å². The molecule has 1 aromatic carbocycles. The van der Waals surface area contributed by atoms with Crippen molar-refractivity contribution in [2.75, 3.05) is 6.61 Å². The highest BCUT2D eigenvalue weighted by atomic mass is 16.5. The molecule has 0 aliphatic heterocycles. The number of carbonyl (C=O) groups is 1. The van der Waals surface area contributed by atoms with Gasteiger partial charge in [0.25, 0.3) is 0 Å². The molecule has 2 heterocycles. The number of nitrogens with zero attached hydrogens (tertiary/aromatic N) is 1. The fourth-order valence-electron chi connectivity index (χ4n) is 2.64. The van der Waals surface area contributed by atoms with Gasteiger partial charge in [0.15, 0.2) is 0 Å². The number of hydrogen-bond acceptors (Lipinski definition) is 3. The molecule has 1 N–H and O–H groups in total. The second-order valence-electron chi connectivity index (χ2n) is 5.02. The minimum Gasteiger partial charge on any atom is -0.461 e. The van der Waals surface area contributed by atoms with Gasteiger partial charge in [-0.15, -0.1) is 0 Å². The lowest BCUT2D eigenvalue weighted by Gasteiger charge is -2.06. The molecule has 4 heteroatoms. The Morgan fingerprint density at radius 2 is 2.05 bits per heavy atom. The van der Waals surface area contributed by atoms with Gasteiger partial charge in [0.1, 0.15) is 5.69 Å². The van der Waals surface area contributed by atoms with Crippen LogP contribution >= 0.6 is 0 Å². The van der Waals surface area contributed by atoms with Crippen LogP contribution < -0.4 is 0 Å². The number of ether oxygens (including phenoxy) is 1. The van der Waals surface area contributed by atoms with Gasteiger partial charge in [-0.05, 0) is 25.5 Å². The number of hydrogen-bond donors (Lipinski definition) is 1. The molecule has 4 nitrogen and oxygen atoms in total. The Kier molecular flexibility index (Phi) is 3.60. The van der Waals surface area contributed by atoms with Crippen LogP contribution in [0.1, 0.15) is 36.5 Å². The zero-order valence-corrected chi connectivity index (χ0v) is 12.3. The predicted octanol–water partition coefficient (Wildman–Crippen LogP) is 3.85. The van der Waals surface area contributed by atoms with E-state index in [0.717, 1.165) is 40.3 Å². The van der Waals surface area contributed by atoms with Crippen LogP contribution in [0, 0.1) is 0 Å². The monoisotopic (exact) mass is 282 g/mol. The molecular formula is C17H18N2O2. The molecule has 0 saturated heterocycles. The minimum atomic E-state index is -0.359. The molecule has 0 atom stereocenters. The van der Waals surface area contributed by atoms with Crippen LogP contribution in [-0.2, 0) is 11.2 Å². The largest absolute Gasteiger partial charge is 0.461 e. The summed E-state index contributed by atoms with van der Waals surface area (Å²) in [6, 6.07) is 9.91. The van der Waals surface area contributed by atoms with Gasteiger partial charge < -0.3 is 9.72 Å². The molecule has 0 unspecified atom stereocenters. The van der Waals surface area contributed by atoms with E-state index in [9.17, 15) is 4.79 Å². The van der Waals surface area contributed by atoms with Gasteiger partial charge >= 0.3 is 5.97 Å². The van der Waals surface area contributed by atoms with Crippen molar-refractivity contribution >= 4 is 27.8 Å². The van der Waals surface area contributed by atoms with E-state index in [1.54, 1.807) is 6.92 Å². The molecule has 3 rings (SSSR count). The lowest BCUT2D eigenvalue weighted by molar-refractivity contribution is 0.0519. The molecule has 0 amide bonds. The van der Waals surface area contributed by atoms with E-state index in [2.05, 4.69) is 23.0 Å². The van der Waals surface area contributed by atoms with Gasteiger partial charge in [-0.25, -0.2) is 9.78 Å². The number of carbonyl (C=O) groups excluding carboxylic acids is 1. The van der Waals surface area contributed by atoms with Crippen molar-refractivity contribution in [3.8, 4) is 0 Å². The quantitative estimate of drug-likeness (QED) is 0.739. The lowest BCUT2D eigenvalue weighted by Crippen LogP contribution is -2.08. The molecule has 0 aliphatic rings.